The number of fused-ring (bicyclic) bond motifs is 1. The molecule has 2 aromatic carbocycles. The Bertz CT molecular complexity index is 1100. The summed E-state index contributed by atoms with van der Waals surface area (Å²) >= 11 is 6.81. The van der Waals surface area contributed by atoms with Crippen LogP contribution in [0.25, 0.3) is 0 Å². The summed E-state index contributed by atoms with van der Waals surface area (Å²) in [6.45, 7) is 0.550. The molecule has 0 saturated carbocycles. The fourth-order valence-electron chi connectivity index (χ4n) is 3.81. The molecule has 1 fully saturated rings. The van der Waals surface area contributed by atoms with Gasteiger partial charge in [-0.25, -0.2) is 0 Å². The number of hydrogen-bond donors (Lipinski definition) is 2. The molecule has 3 amide bonds. The van der Waals surface area contributed by atoms with E-state index in [1.54, 1.807) is 17.0 Å². The molecule has 2 aromatic rings. The van der Waals surface area contributed by atoms with E-state index >= 15 is 0 Å². The van der Waals surface area contributed by atoms with E-state index in [2.05, 4.69) is 10.6 Å². The standard InChI is InChI=1S/C22H19ClF3N3O3S/c23-15-6-5-13(11-14(15)22(24,25)26)27-19(30)12-7-9-29(10-8-12)21(32)18-20(31)28-16-3-1-2-4-17(16)33-18/h1-6,11-12,18H,7-10H2,(H,27,30)(H,28,31)/t18-/m1/s1. The van der Waals surface area contributed by atoms with Crippen LogP contribution < -0.4 is 10.6 Å². The van der Waals surface area contributed by atoms with Crippen LogP contribution in [0.3, 0.4) is 0 Å². The van der Waals surface area contributed by atoms with Crippen molar-refractivity contribution >= 4 is 52.5 Å². The highest BCUT2D eigenvalue weighted by Gasteiger charge is 2.38. The highest BCUT2D eigenvalue weighted by Crippen LogP contribution is 2.38. The summed E-state index contributed by atoms with van der Waals surface area (Å²) in [6, 6.07) is 10.4. The van der Waals surface area contributed by atoms with Gasteiger partial charge in [-0.3, -0.25) is 14.4 Å². The lowest BCUT2D eigenvalue weighted by atomic mass is 9.95. The molecular formula is C22H19ClF3N3O3S. The van der Waals surface area contributed by atoms with Crippen molar-refractivity contribution in [1.29, 1.82) is 0 Å². The lowest BCUT2D eigenvalue weighted by Gasteiger charge is -2.34. The van der Waals surface area contributed by atoms with Crippen molar-refractivity contribution in [3.8, 4) is 0 Å². The lowest BCUT2D eigenvalue weighted by molar-refractivity contribution is -0.137. The average molecular weight is 498 g/mol. The van der Waals surface area contributed by atoms with Crippen LogP contribution in [0, 0.1) is 5.92 Å². The summed E-state index contributed by atoms with van der Waals surface area (Å²) in [6.07, 6.45) is -3.95. The number of para-hydroxylation sites is 1. The van der Waals surface area contributed by atoms with Gasteiger partial charge in [-0.2, -0.15) is 13.2 Å². The van der Waals surface area contributed by atoms with Crippen molar-refractivity contribution in [2.45, 2.75) is 29.2 Å². The number of nitrogens with one attached hydrogen (secondary N) is 2. The number of likely N-dealkylation sites (tertiary alicyclic amines) is 1. The van der Waals surface area contributed by atoms with Crippen LogP contribution in [0.2, 0.25) is 5.02 Å². The fraction of sp³-hybridized carbons (Fsp3) is 0.318. The SMILES string of the molecule is O=C(Nc1ccc(Cl)c(C(F)(F)F)c1)C1CCN(C(=O)[C@@H]2Sc3ccccc3NC2=O)CC1. The monoisotopic (exact) mass is 497 g/mol. The maximum atomic E-state index is 13.0. The third-order valence-corrected chi connectivity index (χ3v) is 7.16. The number of carbonyl (C=O) groups is 3. The van der Waals surface area contributed by atoms with E-state index < -0.39 is 33.8 Å². The summed E-state index contributed by atoms with van der Waals surface area (Å²) in [7, 11) is 0. The quantitative estimate of drug-likeness (QED) is 0.605. The van der Waals surface area contributed by atoms with Crippen LogP contribution in [0.1, 0.15) is 18.4 Å². The molecule has 1 atom stereocenters. The number of anilines is 2. The Kier molecular flexibility index (Phi) is 6.58. The molecule has 0 spiro atoms. The van der Waals surface area contributed by atoms with Crippen LogP contribution in [-0.4, -0.2) is 41.0 Å². The second kappa shape index (κ2) is 9.26. The number of hydrogen-bond acceptors (Lipinski definition) is 4. The summed E-state index contributed by atoms with van der Waals surface area (Å²) < 4.78 is 39.1. The Morgan fingerprint density at radius 3 is 2.52 bits per heavy atom. The van der Waals surface area contributed by atoms with Gasteiger partial charge in [-0.1, -0.05) is 23.7 Å². The summed E-state index contributed by atoms with van der Waals surface area (Å²) in [5, 5.41) is 3.90. The molecule has 0 unspecified atom stereocenters. The number of carbonyl (C=O) groups excluding carboxylic acids is 3. The van der Waals surface area contributed by atoms with E-state index in [1.807, 2.05) is 12.1 Å². The van der Waals surface area contributed by atoms with Gasteiger partial charge < -0.3 is 15.5 Å². The largest absolute Gasteiger partial charge is 0.417 e. The van der Waals surface area contributed by atoms with E-state index in [4.69, 9.17) is 11.6 Å². The van der Waals surface area contributed by atoms with Crippen molar-refractivity contribution < 1.29 is 27.6 Å². The molecule has 11 heteroatoms. The van der Waals surface area contributed by atoms with Gasteiger partial charge in [0.1, 0.15) is 0 Å². The zero-order valence-electron chi connectivity index (χ0n) is 17.1. The maximum absolute atomic E-state index is 13.0. The van der Waals surface area contributed by atoms with E-state index in [0.29, 0.717) is 18.5 Å². The van der Waals surface area contributed by atoms with Gasteiger partial charge in [0, 0.05) is 29.6 Å². The van der Waals surface area contributed by atoms with Gasteiger partial charge in [0.05, 0.1) is 16.3 Å². The molecule has 0 bridgehead atoms. The van der Waals surface area contributed by atoms with Crippen molar-refractivity contribution in [2.24, 2.45) is 5.92 Å². The molecule has 2 heterocycles. The molecule has 174 valence electrons. The Balaban J connectivity index is 1.35. The van der Waals surface area contributed by atoms with Crippen molar-refractivity contribution in [2.75, 3.05) is 23.7 Å². The first kappa shape index (κ1) is 23.4. The van der Waals surface area contributed by atoms with Gasteiger partial charge in [0.25, 0.3) is 0 Å². The normalized spacial score (nSPS) is 19.0. The number of benzene rings is 2. The molecule has 0 radical (unpaired) electrons. The molecule has 2 N–H and O–H groups in total. The first-order valence-electron chi connectivity index (χ1n) is 10.2. The second-order valence-electron chi connectivity index (χ2n) is 7.76. The van der Waals surface area contributed by atoms with E-state index in [1.165, 1.54) is 17.8 Å². The maximum Gasteiger partial charge on any atom is 0.417 e. The van der Waals surface area contributed by atoms with E-state index in [-0.39, 0.29) is 30.6 Å². The molecule has 0 aliphatic carbocycles. The third-order valence-electron chi connectivity index (χ3n) is 5.57. The minimum Gasteiger partial charge on any atom is -0.341 e. The lowest BCUT2D eigenvalue weighted by Crippen LogP contribution is -2.48. The molecule has 4 rings (SSSR count). The average Bonchev–Trinajstić information content (AvgIpc) is 2.78. The molecule has 2 aliphatic rings. The first-order chi connectivity index (χ1) is 15.6. The Morgan fingerprint density at radius 2 is 1.82 bits per heavy atom. The minimum atomic E-state index is -4.63. The number of rotatable bonds is 3. The van der Waals surface area contributed by atoms with Crippen LogP contribution in [0.15, 0.2) is 47.4 Å². The smallest absolute Gasteiger partial charge is 0.341 e. The number of halogens is 4. The number of nitrogens with zero attached hydrogens (tertiary/aromatic N) is 1. The van der Waals surface area contributed by atoms with Crippen molar-refractivity contribution in [1.82, 2.24) is 4.90 Å². The molecule has 2 aliphatic heterocycles. The Hall–Kier alpha value is -2.72. The third kappa shape index (κ3) is 5.11. The highest BCUT2D eigenvalue weighted by atomic mass is 35.5. The minimum absolute atomic E-state index is 0.00386. The van der Waals surface area contributed by atoms with Gasteiger partial charge in [0.15, 0.2) is 5.25 Å². The van der Waals surface area contributed by atoms with Gasteiger partial charge in [-0.05, 0) is 43.2 Å². The van der Waals surface area contributed by atoms with E-state index in [0.717, 1.165) is 17.0 Å². The number of alkyl halides is 3. The van der Waals surface area contributed by atoms with Crippen LogP contribution in [-0.2, 0) is 20.6 Å². The fourth-order valence-corrected chi connectivity index (χ4v) is 5.10. The number of amides is 3. The van der Waals surface area contributed by atoms with Gasteiger partial charge in [-0.15, -0.1) is 11.8 Å². The predicted molar refractivity (Wildman–Crippen MR) is 119 cm³/mol. The van der Waals surface area contributed by atoms with Gasteiger partial charge >= 0.3 is 6.18 Å². The zero-order valence-corrected chi connectivity index (χ0v) is 18.7. The van der Waals surface area contributed by atoms with Crippen molar-refractivity contribution in [3.63, 3.8) is 0 Å². The van der Waals surface area contributed by atoms with E-state index in [9.17, 15) is 27.6 Å². The summed E-state index contributed by atoms with van der Waals surface area (Å²) in [5.41, 5.74) is -0.348. The van der Waals surface area contributed by atoms with Crippen LogP contribution in [0.5, 0.6) is 0 Å². The molecule has 0 aromatic heterocycles. The summed E-state index contributed by atoms with van der Waals surface area (Å²) in [5.74, 6) is -1.59. The predicted octanol–water partition coefficient (Wildman–Crippen LogP) is 4.65. The Morgan fingerprint density at radius 1 is 1.12 bits per heavy atom. The molecule has 33 heavy (non-hydrogen) atoms. The summed E-state index contributed by atoms with van der Waals surface area (Å²) in [4.78, 5) is 40.3. The van der Waals surface area contributed by atoms with Crippen molar-refractivity contribution in [3.05, 3.63) is 53.1 Å². The second-order valence-corrected chi connectivity index (χ2v) is 9.32. The first-order valence-corrected chi connectivity index (χ1v) is 11.4. The van der Waals surface area contributed by atoms with Gasteiger partial charge in [0.2, 0.25) is 17.7 Å². The van der Waals surface area contributed by atoms with Crippen LogP contribution in [0.4, 0.5) is 24.5 Å². The Labute approximate surface area is 196 Å². The molecule has 1 saturated heterocycles. The number of piperidine rings is 1. The topological polar surface area (TPSA) is 78.5 Å². The highest BCUT2D eigenvalue weighted by molar-refractivity contribution is 8.01. The number of thioether (sulfide) groups is 1. The molecular weight excluding hydrogens is 479 g/mol. The molecule has 6 nitrogen and oxygen atoms in total. The zero-order chi connectivity index (χ0) is 23.8. The van der Waals surface area contributed by atoms with Crippen LogP contribution >= 0.6 is 23.4 Å².